The minimum Gasteiger partial charge on any atom is -0.486 e. The smallest absolute Gasteiger partial charge is 0.191 e. The third-order valence-corrected chi connectivity index (χ3v) is 5.23. The number of aliphatic imine (C=N–C) groups is 1. The molecule has 0 amide bonds. The fourth-order valence-electron chi connectivity index (χ4n) is 3.64. The average molecular weight is 344 g/mol. The molecule has 1 saturated carbocycles. The van der Waals surface area contributed by atoms with Crippen LogP contribution in [0.3, 0.4) is 0 Å². The number of rotatable bonds is 5. The minimum absolute atomic E-state index is 0.00899. The van der Waals surface area contributed by atoms with Gasteiger partial charge in [-0.3, -0.25) is 4.99 Å². The third kappa shape index (κ3) is 4.18. The van der Waals surface area contributed by atoms with Gasteiger partial charge < -0.3 is 25.0 Å². The normalized spacial score (nSPS) is 26.5. The molecule has 0 bridgehead atoms. The van der Waals surface area contributed by atoms with E-state index in [9.17, 15) is 0 Å². The van der Waals surface area contributed by atoms with E-state index in [0.717, 1.165) is 36.0 Å². The lowest BCUT2D eigenvalue weighted by Crippen LogP contribution is -2.46. The van der Waals surface area contributed by atoms with Crippen molar-refractivity contribution in [3.63, 3.8) is 0 Å². The third-order valence-electron chi connectivity index (χ3n) is 5.23. The zero-order valence-corrected chi connectivity index (χ0v) is 14.9. The molecule has 1 aromatic rings. The van der Waals surface area contributed by atoms with Gasteiger partial charge in [-0.05, 0) is 43.9 Å². The highest BCUT2D eigenvalue weighted by Gasteiger charge is 2.34. The van der Waals surface area contributed by atoms with Crippen LogP contribution < -0.4 is 20.1 Å². The van der Waals surface area contributed by atoms with Gasteiger partial charge >= 0.3 is 0 Å². The molecule has 2 atom stereocenters. The number of ether oxygens (including phenoxy) is 2. The van der Waals surface area contributed by atoms with Crippen molar-refractivity contribution < 1.29 is 9.47 Å². The first-order chi connectivity index (χ1) is 12.3. The number of fused-ring (bicyclic) bond motifs is 1. The number of hydrogen-bond acceptors (Lipinski definition) is 4. The van der Waals surface area contributed by atoms with Crippen LogP contribution in [-0.4, -0.2) is 62.8 Å². The van der Waals surface area contributed by atoms with E-state index in [2.05, 4.69) is 20.5 Å². The molecule has 2 unspecified atom stereocenters. The SMILES string of the molecule is CN=C(NCC1CCN(C2CC2)C1)NCC1COc2ccccc2O1. The molecule has 2 heterocycles. The largest absolute Gasteiger partial charge is 0.486 e. The molecule has 2 fully saturated rings. The van der Waals surface area contributed by atoms with Gasteiger partial charge in [-0.2, -0.15) is 0 Å². The van der Waals surface area contributed by atoms with E-state index in [1.165, 1.54) is 32.4 Å². The van der Waals surface area contributed by atoms with Crippen LogP contribution in [0.1, 0.15) is 19.3 Å². The standard InChI is InChI=1S/C19H28N4O2/c1-20-19(21-10-14-8-9-23(12-14)15-6-7-15)22-11-16-13-24-17-4-2-3-5-18(17)25-16/h2-5,14-16H,6-13H2,1H3,(H2,20,21,22). The molecule has 136 valence electrons. The number of hydrogen-bond donors (Lipinski definition) is 2. The van der Waals surface area contributed by atoms with Gasteiger partial charge in [-0.15, -0.1) is 0 Å². The van der Waals surface area contributed by atoms with E-state index in [1.807, 2.05) is 31.3 Å². The summed E-state index contributed by atoms with van der Waals surface area (Å²) >= 11 is 0. The summed E-state index contributed by atoms with van der Waals surface area (Å²) in [6, 6.07) is 8.69. The summed E-state index contributed by atoms with van der Waals surface area (Å²) < 4.78 is 11.7. The van der Waals surface area contributed by atoms with Gasteiger partial charge in [0.15, 0.2) is 17.5 Å². The fraction of sp³-hybridized carbons (Fsp3) is 0.632. The van der Waals surface area contributed by atoms with Gasteiger partial charge in [-0.1, -0.05) is 12.1 Å². The predicted molar refractivity (Wildman–Crippen MR) is 98.4 cm³/mol. The van der Waals surface area contributed by atoms with Crippen molar-refractivity contribution in [2.75, 3.05) is 39.8 Å². The summed E-state index contributed by atoms with van der Waals surface area (Å²) in [5, 5.41) is 6.83. The second-order valence-corrected chi connectivity index (χ2v) is 7.21. The van der Waals surface area contributed by atoms with Crippen molar-refractivity contribution in [2.45, 2.75) is 31.4 Å². The Morgan fingerprint density at radius 2 is 1.96 bits per heavy atom. The molecule has 3 aliphatic rings. The van der Waals surface area contributed by atoms with Crippen molar-refractivity contribution in [1.82, 2.24) is 15.5 Å². The Hall–Kier alpha value is -1.95. The van der Waals surface area contributed by atoms with E-state index < -0.39 is 0 Å². The second-order valence-electron chi connectivity index (χ2n) is 7.21. The van der Waals surface area contributed by atoms with Gasteiger partial charge in [0, 0.05) is 26.2 Å². The number of nitrogens with one attached hydrogen (secondary N) is 2. The van der Waals surface area contributed by atoms with Crippen LogP contribution in [0.4, 0.5) is 0 Å². The first kappa shape index (κ1) is 16.5. The van der Waals surface area contributed by atoms with Gasteiger partial charge in [0.25, 0.3) is 0 Å². The quantitative estimate of drug-likeness (QED) is 0.626. The minimum atomic E-state index is -0.00899. The highest BCUT2D eigenvalue weighted by molar-refractivity contribution is 5.79. The lowest BCUT2D eigenvalue weighted by atomic mass is 10.1. The zero-order chi connectivity index (χ0) is 17.1. The highest BCUT2D eigenvalue weighted by atomic mass is 16.6. The van der Waals surface area contributed by atoms with E-state index in [-0.39, 0.29) is 6.10 Å². The molecule has 1 saturated heterocycles. The monoisotopic (exact) mass is 344 g/mol. The molecule has 2 N–H and O–H groups in total. The predicted octanol–water partition coefficient (Wildman–Crippen LogP) is 1.48. The van der Waals surface area contributed by atoms with Gasteiger partial charge in [0.2, 0.25) is 0 Å². The highest BCUT2D eigenvalue weighted by Crippen LogP contribution is 2.32. The lowest BCUT2D eigenvalue weighted by molar-refractivity contribution is 0.0936. The van der Waals surface area contributed by atoms with Gasteiger partial charge in [0.1, 0.15) is 12.7 Å². The number of benzene rings is 1. The molecule has 25 heavy (non-hydrogen) atoms. The zero-order valence-electron chi connectivity index (χ0n) is 14.9. The molecule has 1 aromatic carbocycles. The van der Waals surface area contributed by atoms with Gasteiger partial charge in [-0.25, -0.2) is 0 Å². The van der Waals surface area contributed by atoms with E-state index in [1.54, 1.807) is 0 Å². The molecule has 1 aliphatic carbocycles. The Morgan fingerprint density at radius 1 is 1.16 bits per heavy atom. The molecule has 0 spiro atoms. The van der Waals surface area contributed by atoms with Crippen molar-refractivity contribution in [3.8, 4) is 11.5 Å². The molecule has 6 heteroatoms. The van der Waals surface area contributed by atoms with E-state index >= 15 is 0 Å². The summed E-state index contributed by atoms with van der Waals surface area (Å²) in [6.07, 6.45) is 4.08. The fourth-order valence-corrected chi connectivity index (χ4v) is 3.64. The Balaban J connectivity index is 1.19. The lowest BCUT2D eigenvalue weighted by Gasteiger charge is -2.27. The van der Waals surface area contributed by atoms with Crippen molar-refractivity contribution >= 4 is 5.96 Å². The summed E-state index contributed by atoms with van der Waals surface area (Å²) in [6.45, 7) is 4.70. The Morgan fingerprint density at radius 3 is 2.76 bits per heavy atom. The molecular formula is C19H28N4O2. The Kier molecular flexibility index (Phi) is 4.97. The maximum absolute atomic E-state index is 5.98. The topological polar surface area (TPSA) is 58.1 Å². The molecule has 0 aromatic heterocycles. The molecular weight excluding hydrogens is 316 g/mol. The maximum Gasteiger partial charge on any atom is 0.191 e. The summed E-state index contributed by atoms with van der Waals surface area (Å²) in [5.74, 6) is 3.20. The summed E-state index contributed by atoms with van der Waals surface area (Å²) in [4.78, 5) is 6.97. The summed E-state index contributed by atoms with van der Waals surface area (Å²) in [5.41, 5.74) is 0. The van der Waals surface area contributed by atoms with E-state index in [0.29, 0.717) is 13.2 Å². The average Bonchev–Trinajstić information content (AvgIpc) is 3.40. The van der Waals surface area contributed by atoms with Crippen molar-refractivity contribution in [3.05, 3.63) is 24.3 Å². The van der Waals surface area contributed by atoms with Crippen molar-refractivity contribution in [2.24, 2.45) is 10.9 Å². The van der Waals surface area contributed by atoms with E-state index in [4.69, 9.17) is 9.47 Å². The molecule has 4 rings (SSSR count). The van der Waals surface area contributed by atoms with Crippen molar-refractivity contribution in [1.29, 1.82) is 0 Å². The molecule has 2 aliphatic heterocycles. The number of nitrogens with zero attached hydrogens (tertiary/aromatic N) is 2. The second kappa shape index (κ2) is 7.52. The van der Waals surface area contributed by atoms with Crippen LogP contribution in [-0.2, 0) is 0 Å². The first-order valence-electron chi connectivity index (χ1n) is 9.39. The Bertz CT molecular complexity index is 617. The van der Waals surface area contributed by atoms with Gasteiger partial charge in [0.05, 0.1) is 6.54 Å². The number of guanidine groups is 1. The first-order valence-corrected chi connectivity index (χ1v) is 9.39. The summed E-state index contributed by atoms with van der Waals surface area (Å²) in [7, 11) is 1.81. The van der Waals surface area contributed by atoms with Crippen LogP contribution >= 0.6 is 0 Å². The van der Waals surface area contributed by atoms with Crippen LogP contribution in [0.5, 0.6) is 11.5 Å². The number of para-hydroxylation sites is 2. The number of likely N-dealkylation sites (tertiary alicyclic amines) is 1. The van der Waals surface area contributed by atoms with Crippen LogP contribution in [0, 0.1) is 5.92 Å². The molecule has 0 radical (unpaired) electrons. The maximum atomic E-state index is 5.98. The van der Waals surface area contributed by atoms with Crippen LogP contribution in [0.2, 0.25) is 0 Å². The Labute approximate surface area is 149 Å². The van der Waals surface area contributed by atoms with Crippen LogP contribution in [0.25, 0.3) is 0 Å². The molecule has 6 nitrogen and oxygen atoms in total. The van der Waals surface area contributed by atoms with Crippen LogP contribution in [0.15, 0.2) is 29.3 Å².